The van der Waals surface area contributed by atoms with E-state index in [0.29, 0.717) is 29.4 Å². The second kappa shape index (κ2) is 10.6. The van der Waals surface area contributed by atoms with E-state index in [2.05, 4.69) is 22.3 Å². The summed E-state index contributed by atoms with van der Waals surface area (Å²) in [5.74, 6) is -0.621. The predicted molar refractivity (Wildman–Crippen MR) is 129 cm³/mol. The van der Waals surface area contributed by atoms with Crippen molar-refractivity contribution < 1.29 is 9.59 Å². The fourth-order valence-electron chi connectivity index (χ4n) is 3.28. The van der Waals surface area contributed by atoms with Crippen LogP contribution in [0.4, 0.5) is 5.69 Å². The molecular formula is C25H25ClN4O2. The Morgan fingerprint density at radius 2 is 1.84 bits per heavy atom. The summed E-state index contributed by atoms with van der Waals surface area (Å²) in [6, 6.07) is 14.5. The zero-order valence-corrected chi connectivity index (χ0v) is 18.8. The van der Waals surface area contributed by atoms with Crippen LogP contribution in [0.15, 0.2) is 67.3 Å². The molecule has 0 fully saturated rings. The third-order valence-electron chi connectivity index (χ3n) is 4.95. The number of nitrogens with zero attached hydrogens (tertiary/aromatic N) is 2. The normalized spacial score (nSPS) is 10.8. The Labute approximate surface area is 192 Å². The quantitative estimate of drug-likeness (QED) is 0.385. The molecule has 3 aromatic rings. The lowest BCUT2D eigenvalue weighted by molar-refractivity contribution is -0.111. The summed E-state index contributed by atoms with van der Waals surface area (Å²) in [6.45, 7) is 8.32. The number of aromatic nitrogens is 2. The van der Waals surface area contributed by atoms with Crippen molar-refractivity contribution in [2.24, 2.45) is 0 Å². The molecule has 0 bridgehead atoms. The molecule has 7 heteroatoms. The van der Waals surface area contributed by atoms with E-state index in [0.717, 1.165) is 22.5 Å². The highest BCUT2D eigenvalue weighted by atomic mass is 35.5. The topological polar surface area (TPSA) is 76.0 Å². The Hall–Kier alpha value is -3.64. The lowest BCUT2D eigenvalue weighted by Crippen LogP contribution is -2.24. The van der Waals surface area contributed by atoms with Crippen molar-refractivity contribution in [3.63, 3.8) is 0 Å². The molecule has 0 saturated heterocycles. The monoisotopic (exact) mass is 448 g/mol. The van der Waals surface area contributed by atoms with Gasteiger partial charge < -0.3 is 10.6 Å². The molecule has 0 atom stereocenters. The number of aryl methyl sites for hydroxylation is 1. The Morgan fingerprint density at radius 3 is 2.59 bits per heavy atom. The number of para-hydroxylation sites is 1. The van der Waals surface area contributed by atoms with E-state index in [1.165, 1.54) is 6.08 Å². The highest BCUT2D eigenvalue weighted by molar-refractivity contribution is 6.31. The average Bonchev–Trinajstić information content (AvgIpc) is 3.05. The lowest BCUT2D eigenvalue weighted by atomic mass is 10.1. The van der Waals surface area contributed by atoms with Gasteiger partial charge in [0, 0.05) is 28.9 Å². The van der Waals surface area contributed by atoms with Crippen LogP contribution in [0.1, 0.15) is 32.9 Å². The Kier molecular flexibility index (Phi) is 7.63. The number of carbonyl (C=O) groups is 2. The van der Waals surface area contributed by atoms with Crippen molar-refractivity contribution in [1.82, 2.24) is 15.1 Å². The van der Waals surface area contributed by atoms with Crippen molar-refractivity contribution in [2.45, 2.75) is 20.4 Å². The molecule has 0 aliphatic heterocycles. The maximum Gasteiger partial charge on any atom is 0.253 e. The van der Waals surface area contributed by atoms with Crippen LogP contribution in [-0.4, -0.2) is 28.1 Å². The Morgan fingerprint density at radius 1 is 1.12 bits per heavy atom. The molecule has 0 aliphatic rings. The molecule has 1 aromatic heterocycles. The SMILES string of the molecule is C=CCNC(=O)c1ccccc1NC(=O)/C=C/c1c(C)nn(Cc2ccccc2Cl)c1C. The van der Waals surface area contributed by atoms with E-state index in [9.17, 15) is 9.59 Å². The first kappa shape index (κ1) is 23.0. The van der Waals surface area contributed by atoms with Crippen LogP contribution in [0.2, 0.25) is 5.02 Å². The van der Waals surface area contributed by atoms with Crippen LogP contribution in [0, 0.1) is 13.8 Å². The molecule has 164 valence electrons. The minimum Gasteiger partial charge on any atom is -0.349 e. The van der Waals surface area contributed by atoms with Crippen LogP contribution < -0.4 is 10.6 Å². The molecule has 0 unspecified atom stereocenters. The van der Waals surface area contributed by atoms with Crippen molar-refractivity contribution in [1.29, 1.82) is 0 Å². The van der Waals surface area contributed by atoms with Gasteiger partial charge in [0.1, 0.15) is 0 Å². The molecule has 0 spiro atoms. The van der Waals surface area contributed by atoms with Crippen LogP contribution in [0.25, 0.3) is 6.08 Å². The molecule has 32 heavy (non-hydrogen) atoms. The van der Waals surface area contributed by atoms with Gasteiger partial charge in [0.25, 0.3) is 5.91 Å². The summed E-state index contributed by atoms with van der Waals surface area (Å²) in [5.41, 5.74) is 4.39. The van der Waals surface area contributed by atoms with Crippen LogP contribution in [0.5, 0.6) is 0 Å². The maximum absolute atomic E-state index is 12.5. The molecule has 1 heterocycles. The number of carbonyl (C=O) groups excluding carboxylic acids is 2. The van der Waals surface area contributed by atoms with Gasteiger partial charge in [0.2, 0.25) is 5.91 Å². The number of hydrogen-bond donors (Lipinski definition) is 2. The number of amides is 2. The van der Waals surface area contributed by atoms with E-state index >= 15 is 0 Å². The second-order valence-corrected chi connectivity index (χ2v) is 7.61. The highest BCUT2D eigenvalue weighted by Crippen LogP contribution is 2.21. The zero-order valence-electron chi connectivity index (χ0n) is 18.1. The summed E-state index contributed by atoms with van der Waals surface area (Å²) >= 11 is 6.27. The smallest absolute Gasteiger partial charge is 0.253 e. The number of halogens is 1. The minimum absolute atomic E-state index is 0.280. The third kappa shape index (κ3) is 5.53. The van der Waals surface area contributed by atoms with Gasteiger partial charge in [-0.3, -0.25) is 14.3 Å². The Balaban J connectivity index is 1.74. The van der Waals surface area contributed by atoms with Gasteiger partial charge in [-0.05, 0) is 43.7 Å². The molecule has 2 N–H and O–H groups in total. The number of rotatable bonds is 8. The average molecular weight is 449 g/mol. The standard InChI is InChI=1S/C25H25ClN4O2/c1-4-15-27-25(32)21-10-6-8-12-23(21)28-24(31)14-13-20-17(2)29-30(18(20)3)16-19-9-5-7-11-22(19)26/h4-14H,1,15-16H2,2-3H3,(H,27,32)(H,28,31)/b14-13+. The van der Waals surface area contributed by atoms with Gasteiger partial charge in [-0.15, -0.1) is 6.58 Å². The highest BCUT2D eigenvalue weighted by Gasteiger charge is 2.13. The molecule has 0 saturated carbocycles. The maximum atomic E-state index is 12.5. The van der Waals surface area contributed by atoms with Gasteiger partial charge in [-0.1, -0.05) is 48.0 Å². The lowest BCUT2D eigenvalue weighted by Gasteiger charge is -2.09. The first-order valence-electron chi connectivity index (χ1n) is 10.1. The molecule has 0 radical (unpaired) electrons. The van der Waals surface area contributed by atoms with Gasteiger partial charge in [0.05, 0.1) is 23.5 Å². The summed E-state index contributed by atoms with van der Waals surface area (Å²) in [7, 11) is 0. The number of nitrogens with one attached hydrogen (secondary N) is 2. The first-order valence-corrected chi connectivity index (χ1v) is 10.5. The van der Waals surface area contributed by atoms with Crippen molar-refractivity contribution in [3.05, 3.63) is 100 Å². The minimum atomic E-state index is -0.341. The first-order chi connectivity index (χ1) is 15.4. The van der Waals surface area contributed by atoms with E-state index in [-0.39, 0.29) is 11.8 Å². The predicted octanol–water partition coefficient (Wildman–Crippen LogP) is 4.77. The van der Waals surface area contributed by atoms with Gasteiger partial charge >= 0.3 is 0 Å². The summed E-state index contributed by atoms with van der Waals surface area (Å²) in [4.78, 5) is 24.9. The number of hydrogen-bond acceptors (Lipinski definition) is 3. The Bertz CT molecular complexity index is 1180. The van der Waals surface area contributed by atoms with E-state index in [1.54, 1.807) is 36.4 Å². The fourth-order valence-corrected chi connectivity index (χ4v) is 3.47. The fraction of sp³-hybridized carbons (Fsp3) is 0.160. The zero-order chi connectivity index (χ0) is 23.1. The van der Waals surface area contributed by atoms with Crippen LogP contribution >= 0.6 is 11.6 Å². The van der Waals surface area contributed by atoms with Gasteiger partial charge in [-0.2, -0.15) is 5.10 Å². The van der Waals surface area contributed by atoms with E-state index in [1.807, 2.05) is 42.8 Å². The molecule has 6 nitrogen and oxygen atoms in total. The molecule has 0 aliphatic carbocycles. The number of anilines is 1. The summed E-state index contributed by atoms with van der Waals surface area (Å²) in [5, 5.41) is 10.8. The number of benzene rings is 2. The van der Waals surface area contributed by atoms with E-state index < -0.39 is 0 Å². The molecule has 3 rings (SSSR count). The summed E-state index contributed by atoms with van der Waals surface area (Å²) < 4.78 is 1.87. The van der Waals surface area contributed by atoms with Crippen molar-refractivity contribution in [3.8, 4) is 0 Å². The largest absolute Gasteiger partial charge is 0.349 e. The van der Waals surface area contributed by atoms with Gasteiger partial charge in [0.15, 0.2) is 0 Å². The van der Waals surface area contributed by atoms with Crippen LogP contribution in [0.3, 0.4) is 0 Å². The summed E-state index contributed by atoms with van der Waals surface area (Å²) in [6.07, 6.45) is 4.77. The molecule has 2 amide bonds. The van der Waals surface area contributed by atoms with Gasteiger partial charge in [-0.25, -0.2) is 0 Å². The van der Waals surface area contributed by atoms with Crippen molar-refractivity contribution >= 4 is 35.2 Å². The van der Waals surface area contributed by atoms with Crippen molar-refractivity contribution in [2.75, 3.05) is 11.9 Å². The van der Waals surface area contributed by atoms with Crippen LogP contribution in [-0.2, 0) is 11.3 Å². The molecule has 2 aromatic carbocycles. The third-order valence-corrected chi connectivity index (χ3v) is 5.32. The molecular weight excluding hydrogens is 424 g/mol. The second-order valence-electron chi connectivity index (χ2n) is 7.20. The van der Waals surface area contributed by atoms with E-state index in [4.69, 9.17) is 11.6 Å².